The second kappa shape index (κ2) is 7.64. The van der Waals surface area contributed by atoms with E-state index >= 15 is 0 Å². The largest absolute Gasteiger partial charge is 0.383 e. The quantitative estimate of drug-likeness (QED) is 0.433. The lowest BCUT2D eigenvalue weighted by Gasteiger charge is -2.11. The van der Waals surface area contributed by atoms with Crippen molar-refractivity contribution in [3.8, 4) is 0 Å². The van der Waals surface area contributed by atoms with Gasteiger partial charge in [0.25, 0.3) is 5.91 Å². The van der Waals surface area contributed by atoms with E-state index in [1.54, 1.807) is 36.9 Å². The molecule has 25 heavy (non-hydrogen) atoms. The van der Waals surface area contributed by atoms with Crippen LogP contribution in [0.5, 0.6) is 0 Å². The summed E-state index contributed by atoms with van der Waals surface area (Å²) in [5.74, 6) is 0.133. The second-order valence-corrected chi connectivity index (χ2v) is 6.27. The van der Waals surface area contributed by atoms with Gasteiger partial charge in [-0.2, -0.15) is 0 Å². The monoisotopic (exact) mass is 404 g/mol. The van der Waals surface area contributed by atoms with Gasteiger partial charge in [0.2, 0.25) is 5.95 Å². The van der Waals surface area contributed by atoms with Gasteiger partial charge in [0.1, 0.15) is 0 Å². The Morgan fingerprint density at radius 1 is 1.28 bits per heavy atom. The lowest BCUT2D eigenvalue weighted by Crippen LogP contribution is -2.18. The smallest absolute Gasteiger partial charge is 0.274 e. The number of benzene rings is 2. The molecule has 0 aliphatic carbocycles. The molecule has 130 valence electrons. The lowest BCUT2D eigenvalue weighted by atomic mass is 10.2. The van der Waals surface area contributed by atoms with Crippen LogP contribution in [0.25, 0.3) is 11.0 Å². The van der Waals surface area contributed by atoms with Gasteiger partial charge in [-0.1, -0.05) is 15.9 Å². The summed E-state index contributed by atoms with van der Waals surface area (Å²) in [5, 5.41) is 11.9. The normalized spacial score (nSPS) is 10.8. The highest BCUT2D eigenvalue weighted by atomic mass is 79.9. The molecule has 0 radical (unpaired) electrons. The standard InChI is InChI=1S/C17H17BrN4O3/c1-25-9-8-22-15-7-4-12(18)10-14(15)20-17(22)19-13-5-2-11(3-6-13)16(23)21-24/h2-7,10,24H,8-9H2,1H3,(H,19,20)(H,21,23). The van der Waals surface area contributed by atoms with Crippen LogP contribution in [-0.4, -0.2) is 34.4 Å². The van der Waals surface area contributed by atoms with Crippen molar-refractivity contribution >= 4 is 44.5 Å². The molecule has 0 unspecified atom stereocenters. The number of ether oxygens (including phenoxy) is 1. The van der Waals surface area contributed by atoms with Crippen LogP contribution in [0.3, 0.4) is 0 Å². The SMILES string of the molecule is COCCn1c(Nc2ccc(C(=O)NO)cc2)nc2cc(Br)ccc21. The van der Waals surface area contributed by atoms with Crippen LogP contribution in [0.1, 0.15) is 10.4 Å². The molecule has 0 fully saturated rings. The lowest BCUT2D eigenvalue weighted by molar-refractivity contribution is 0.0706. The van der Waals surface area contributed by atoms with E-state index in [1.807, 2.05) is 22.8 Å². The zero-order valence-corrected chi connectivity index (χ0v) is 15.1. The zero-order valence-electron chi connectivity index (χ0n) is 13.5. The Labute approximate surface area is 152 Å². The van der Waals surface area contributed by atoms with Crippen molar-refractivity contribution < 1.29 is 14.7 Å². The average molecular weight is 405 g/mol. The topological polar surface area (TPSA) is 88.4 Å². The molecule has 0 atom stereocenters. The number of rotatable bonds is 6. The predicted molar refractivity (Wildman–Crippen MR) is 98.3 cm³/mol. The van der Waals surface area contributed by atoms with Crippen molar-refractivity contribution in [1.29, 1.82) is 0 Å². The molecule has 1 aromatic heterocycles. The molecular weight excluding hydrogens is 388 g/mol. The molecule has 3 N–H and O–H groups in total. The summed E-state index contributed by atoms with van der Waals surface area (Å²) >= 11 is 3.46. The van der Waals surface area contributed by atoms with Crippen LogP contribution in [-0.2, 0) is 11.3 Å². The summed E-state index contributed by atoms with van der Waals surface area (Å²) in [6, 6.07) is 12.7. The maximum absolute atomic E-state index is 11.4. The van der Waals surface area contributed by atoms with Gasteiger partial charge in [0, 0.05) is 29.4 Å². The molecular formula is C17H17BrN4O3. The first-order chi connectivity index (χ1) is 12.1. The summed E-state index contributed by atoms with van der Waals surface area (Å²) in [6.45, 7) is 1.22. The number of carbonyl (C=O) groups excluding carboxylic acids is 1. The molecule has 8 heteroatoms. The van der Waals surface area contributed by atoms with Crippen LogP contribution in [0.2, 0.25) is 0 Å². The van der Waals surface area contributed by atoms with Crippen LogP contribution in [0.4, 0.5) is 11.6 Å². The molecule has 1 heterocycles. The number of imidazole rings is 1. The van der Waals surface area contributed by atoms with Crippen LogP contribution < -0.4 is 10.8 Å². The number of fused-ring (bicyclic) bond motifs is 1. The highest BCUT2D eigenvalue weighted by Gasteiger charge is 2.12. The molecule has 0 aliphatic heterocycles. The number of hydrogen-bond donors (Lipinski definition) is 3. The van der Waals surface area contributed by atoms with E-state index in [4.69, 9.17) is 9.94 Å². The highest BCUT2D eigenvalue weighted by Crippen LogP contribution is 2.25. The molecule has 0 saturated carbocycles. The molecule has 0 bridgehead atoms. The summed E-state index contributed by atoms with van der Waals surface area (Å²) in [7, 11) is 1.66. The molecule has 3 rings (SSSR count). The average Bonchev–Trinajstić information content (AvgIpc) is 2.95. The van der Waals surface area contributed by atoms with E-state index < -0.39 is 5.91 Å². The molecule has 1 amide bonds. The first-order valence-corrected chi connectivity index (χ1v) is 8.38. The number of anilines is 2. The fraction of sp³-hybridized carbons (Fsp3) is 0.176. The minimum absolute atomic E-state index is 0.366. The summed E-state index contributed by atoms with van der Waals surface area (Å²) in [6.07, 6.45) is 0. The summed E-state index contributed by atoms with van der Waals surface area (Å²) in [5.41, 5.74) is 4.62. The first-order valence-electron chi connectivity index (χ1n) is 7.58. The second-order valence-electron chi connectivity index (χ2n) is 5.36. The van der Waals surface area contributed by atoms with E-state index in [2.05, 4.69) is 26.2 Å². The van der Waals surface area contributed by atoms with Gasteiger partial charge >= 0.3 is 0 Å². The van der Waals surface area contributed by atoms with E-state index in [-0.39, 0.29) is 0 Å². The van der Waals surface area contributed by atoms with E-state index in [1.165, 1.54) is 0 Å². The Hall–Kier alpha value is -2.42. The number of carbonyl (C=O) groups is 1. The summed E-state index contributed by atoms with van der Waals surface area (Å²) < 4.78 is 8.20. The Morgan fingerprint density at radius 3 is 2.72 bits per heavy atom. The number of nitrogens with zero attached hydrogens (tertiary/aromatic N) is 2. The van der Waals surface area contributed by atoms with Crippen LogP contribution >= 0.6 is 15.9 Å². The fourth-order valence-electron chi connectivity index (χ4n) is 2.51. The summed E-state index contributed by atoms with van der Waals surface area (Å²) in [4.78, 5) is 16.0. The van der Waals surface area contributed by atoms with Gasteiger partial charge in [-0.3, -0.25) is 10.0 Å². The minimum Gasteiger partial charge on any atom is -0.383 e. The van der Waals surface area contributed by atoms with Crippen LogP contribution in [0.15, 0.2) is 46.9 Å². The van der Waals surface area contributed by atoms with Gasteiger partial charge < -0.3 is 14.6 Å². The van der Waals surface area contributed by atoms with Gasteiger partial charge in [-0.15, -0.1) is 0 Å². The Balaban J connectivity index is 1.92. The van der Waals surface area contributed by atoms with Gasteiger partial charge in [-0.05, 0) is 42.5 Å². The first kappa shape index (κ1) is 17.4. The third-order valence-corrected chi connectivity index (χ3v) is 4.23. The fourth-order valence-corrected chi connectivity index (χ4v) is 2.85. The van der Waals surface area contributed by atoms with Gasteiger partial charge in [0.15, 0.2) is 0 Å². The Bertz CT molecular complexity index is 893. The molecule has 3 aromatic rings. The minimum atomic E-state index is -0.552. The number of methoxy groups -OCH3 is 1. The third-order valence-electron chi connectivity index (χ3n) is 3.73. The number of nitrogens with one attached hydrogen (secondary N) is 2. The zero-order chi connectivity index (χ0) is 17.8. The molecule has 0 spiro atoms. The van der Waals surface area contributed by atoms with E-state index in [9.17, 15) is 4.79 Å². The number of hydroxylamine groups is 1. The van der Waals surface area contributed by atoms with Crippen molar-refractivity contribution in [3.05, 3.63) is 52.5 Å². The molecule has 0 saturated heterocycles. The van der Waals surface area contributed by atoms with Crippen molar-refractivity contribution in [2.24, 2.45) is 0 Å². The number of halogens is 1. The van der Waals surface area contributed by atoms with Crippen molar-refractivity contribution in [3.63, 3.8) is 0 Å². The van der Waals surface area contributed by atoms with Crippen molar-refractivity contribution in [2.75, 3.05) is 19.0 Å². The van der Waals surface area contributed by atoms with Gasteiger partial charge in [0.05, 0.1) is 17.6 Å². The van der Waals surface area contributed by atoms with E-state index in [0.717, 1.165) is 21.2 Å². The van der Waals surface area contributed by atoms with E-state index in [0.29, 0.717) is 24.7 Å². The van der Waals surface area contributed by atoms with Crippen molar-refractivity contribution in [2.45, 2.75) is 6.54 Å². The van der Waals surface area contributed by atoms with Gasteiger partial charge in [-0.25, -0.2) is 10.5 Å². The maximum Gasteiger partial charge on any atom is 0.274 e. The number of hydrogen-bond acceptors (Lipinski definition) is 5. The molecule has 7 nitrogen and oxygen atoms in total. The predicted octanol–water partition coefficient (Wildman–Crippen LogP) is 3.31. The third kappa shape index (κ3) is 3.81. The van der Waals surface area contributed by atoms with Crippen molar-refractivity contribution in [1.82, 2.24) is 15.0 Å². The number of amides is 1. The highest BCUT2D eigenvalue weighted by molar-refractivity contribution is 9.10. The molecule has 0 aliphatic rings. The maximum atomic E-state index is 11.4. The Kier molecular flexibility index (Phi) is 5.32. The van der Waals surface area contributed by atoms with Crippen LogP contribution in [0, 0.1) is 0 Å². The number of aromatic nitrogens is 2. The Morgan fingerprint density at radius 2 is 2.04 bits per heavy atom. The molecule has 2 aromatic carbocycles.